The minimum Gasteiger partial charge on any atom is -0.468 e. The van der Waals surface area contributed by atoms with Crippen molar-refractivity contribution in [3.05, 3.63) is 29.8 Å². The number of esters is 1. The lowest BCUT2D eigenvalue weighted by atomic mass is 9.89. The van der Waals surface area contributed by atoms with Crippen LogP contribution < -0.4 is 0 Å². The first-order valence-corrected chi connectivity index (χ1v) is 5.21. The molecule has 0 aliphatic heterocycles. The molecule has 0 N–H and O–H groups in total. The molecule has 1 aromatic rings. The van der Waals surface area contributed by atoms with Gasteiger partial charge in [0.2, 0.25) is 0 Å². The van der Waals surface area contributed by atoms with Gasteiger partial charge in [-0.15, -0.1) is 0 Å². The number of hydrogen-bond acceptors (Lipinski definition) is 4. The molecule has 92 valence electrons. The van der Waals surface area contributed by atoms with E-state index < -0.39 is 23.5 Å². The predicted molar refractivity (Wildman–Crippen MR) is 58.9 cm³/mol. The number of pyridine rings is 1. The van der Waals surface area contributed by atoms with Crippen LogP contribution in [0.3, 0.4) is 0 Å². The van der Waals surface area contributed by atoms with Crippen LogP contribution in [0.2, 0.25) is 0 Å². The number of nitrogens with zero attached hydrogens (tertiary/aromatic N) is 1. The van der Waals surface area contributed by atoms with Crippen LogP contribution in [-0.2, 0) is 9.53 Å². The number of ether oxygens (including phenoxy) is 1. The summed E-state index contributed by atoms with van der Waals surface area (Å²) in [6, 6.07) is 2.52. The molecule has 4 nitrogen and oxygen atoms in total. The van der Waals surface area contributed by atoms with Crippen molar-refractivity contribution in [2.45, 2.75) is 13.8 Å². The van der Waals surface area contributed by atoms with E-state index in [1.54, 1.807) is 13.8 Å². The zero-order chi connectivity index (χ0) is 13.0. The van der Waals surface area contributed by atoms with Crippen molar-refractivity contribution in [3.63, 3.8) is 0 Å². The van der Waals surface area contributed by atoms with Crippen molar-refractivity contribution in [1.82, 2.24) is 4.98 Å². The summed E-state index contributed by atoms with van der Waals surface area (Å²) in [5.41, 5.74) is -0.323. The highest BCUT2D eigenvalue weighted by Gasteiger charge is 2.33. The van der Waals surface area contributed by atoms with Crippen molar-refractivity contribution in [2.75, 3.05) is 7.11 Å². The molecule has 0 aliphatic carbocycles. The number of carbonyl (C=O) groups excluding carboxylic acids is 2. The summed E-state index contributed by atoms with van der Waals surface area (Å²) in [6.07, 6.45) is 1.31. The van der Waals surface area contributed by atoms with Gasteiger partial charge in [0.15, 0.2) is 11.6 Å². The molecule has 17 heavy (non-hydrogen) atoms. The first-order valence-electron chi connectivity index (χ1n) is 5.21. The summed E-state index contributed by atoms with van der Waals surface area (Å²) >= 11 is 0. The summed E-state index contributed by atoms with van der Waals surface area (Å²) in [5, 5.41) is 0. The topological polar surface area (TPSA) is 56.3 Å². The summed E-state index contributed by atoms with van der Waals surface area (Å²) in [4.78, 5) is 27.2. The van der Waals surface area contributed by atoms with Crippen molar-refractivity contribution in [1.29, 1.82) is 0 Å². The Balaban J connectivity index is 3.09. The average molecular weight is 239 g/mol. The van der Waals surface area contributed by atoms with E-state index in [0.717, 1.165) is 6.07 Å². The fraction of sp³-hybridized carbons (Fsp3) is 0.417. The maximum Gasteiger partial charge on any atom is 0.316 e. The smallest absolute Gasteiger partial charge is 0.316 e. The normalized spacial score (nSPS) is 12.3. The molecule has 1 unspecified atom stereocenters. The van der Waals surface area contributed by atoms with E-state index in [2.05, 4.69) is 9.72 Å². The average Bonchev–Trinajstić information content (AvgIpc) is 2.28. The summed E-state index contributed by atoms with van der Waals surface area (Å²) in [6.45, 7) is 3.39. The van der Waals surface area contributed by atoms with Crippen molar-refractivity contribution < 1.29 is 18.7 Å². The summed E-state index contributed by atoms with van der Waals surface area (Å²) in [5.74, 6) is -3.35. The molecule has 0 saturated carbocycles. The van der Waals surface area contributed by atoms with Gasteiger partial charge >= 0.3 is 5.97 Å². The molecule has 0 spiro atoms. The SMILES string of the molecule is COC(=O)C(C(=O)c1ncccc1F)C(C)C. The van der Waals surface area contributed by atoms with E-state index in [-0.39, 0.29) is 11.6 Å². The molecule has 1 heterocycles. The molecule has 5 heteroatoms. The van der Waals surface area contributed by atoms with Crippen LogP contribution >= 0.6 is 0 Å². The Labute approximate surface area is 98.8 Å². The number of Topliss-reactive ketones (excluding diaryl/α,β-unsaturated/α-hetero) is 1. The Kier molecular flexibility index (Phi) is 4.31. The third-order valence-electron chi connectivity index (χ3n) is 2.40. The molecular formula is C12H14FNO3. The molecule has 0 aliphatic rings. The highest BCUT2D eigenvalue weighted by Crippen LogP contribution is 2.19. The zero-order valence-corrected chi connectivity index (χ0v) is 9.94. The number of halogens is 1. The molecular weight excluding hydrogens is 225 g/mol. The Bertz CT molecular complexity index is 432. The number of carbonyl (C=O) groups is 2. The van der Waals surface area contributed by atoms with E-state index in [1.807, 2.05) is 0 Å². The lowest BCUT2D eigenvalue weighted by Gasteiger charge is -2.16. The van der Waals surface area contributed by atoms with Crippen LogP contribution in [-0.4, -0.2) is 23.8 Å². The minimum absolute atomic E-state index is 0.281. The van der Waals surface area contributed by atoms with E-state index in [9.17, 15) is 14.0 Å². The van der Waals surface area contributed by atoms with E-state index in [1.165, 1.54) is 19.4 Å². The summed E-state index contributed by atoms with van der Waals surface area (Å²) in [7, 11) is 1.19. The molecule has 1 atom stereocenters. The first kappa shape index (κ1) is 13.3. The standard InChI is InChI=1S/C12H14FNO3/c1-7(2)9(12(16)17-3)11(15)10-8(13)5-4-6-14-10/h4-7,9H,1-3H3. The van der Waals surface area contributed by atoms with Crippen LogP contribution in [0.1, 0.15) is 24.3 Å². The fourth-order valence-corrected chi connectivity index (χ4v) is 1.52. The van der Waals surface area contributed by atoms with Crippen LogP contribution in [0.25, 0.3) is 0 Å². The van der Waals surface area contributed by atoms with Crippen molar-refractivity contribution >= 4 is 11.8 Å². The van der Waals surface area contributed by atoms with Gasteiger partial charge in [-0.3, -0.25) is 14.6 Å². The van der Waals surface area contributed by atoms with Gasteiger partial charge in [-0.2, -0.15) is 0 Å². The largest absolute Gasteiger partial charge is 0.468 e. The quantitative estimate of drug-likeness (QED) is 0.457. The second kappa shape index (κ2) is 5.52. The lowest BCUT2D eigenvalue weighted by molar-refractivity contribution is -0.144. The number of hydrogen-bond donors (Lipinski definition) is 0. The number of aromatic nitrogens is 1. The van der Waals surface area contributed by atoms with Gasteiger partial charge in [0.25, 0.3) is 0 Å². The van der Waals surface area contributed by atoms with Gasteiger partial charge in [0, 0.05) is 6.20 Å². The monoisotopic (exact) mass is 239 g/mol. The van der Waals surface area contributed by atoms with Crippen molar-refractivity contribution in [3.8, 4) is 0 Å². The van der Waals surface area contributed by atoms with E-state index >= 15 is 0 Å². The van der Waals surface area contributed by atoms with Crippen molar-refractivity contribution in [2.24, 2.45) is 11.8 Å². The van der Waals surface area contributed by atoms with Gasteiger partial charge in [0.05, 0.1) is 7.11 Å². The maximum absolute atomic E-state index is 13.4. The Morgan fingerprint density at radius 3 is 2.53 bits per heavy atom. The van der Waals surface area contributed by atoms with E-state index in [4.69, 9.17) is 0 Å². The zero-order valence-electron chi connectivity index (χ0n) is 9.94. The van der Waals surface area contributed by atoms with E-state index in [0.29, 0.717) is 0 Å². The minimum atomic E-state index is -1.02. The number of methoxy groups -OCH3 is 1. The third kappa shape index (κ3) is 2.87. The molecule has 0 aromatic carbocycles. The molecule has 0 amide bonds. The second-order valence-corrected chi connectivity index (χ2v) is 3.94. The van der Waals surface area contributed by atoms with Gasteiger partial charge < -0.3 is 4.74 Å². The molecule has 0 saturated heterocycles. The fourth-order valence-electron chi connectivity index (χ4n) is 1.52. The molecule has 0 radical (unpaired) electrons. The highest BCUT2D eigenvalue weighted by molar-refractivity contribution is 6.07. The lowest BCUT2D eigenvalue weighted by Crippen LogP contribution is -2.31. The number of ketones is 1. The van der Waals surface area contributed by atoms with Gasteiger partial charge in [-0.05, 0) is 18.1 Å². The predicted octanol–water partition coefficient (Wildman–Crippen LogP) is 1.85. The number of rotatable bonds is 4. The van der Waals surface area contributed by atoms with Gasteiger partial charge in [0.1, 0.15) is 11.6 Å². The van der Waals surface area contributed by atoms with Gasteiger partial charge in [-0.25, -0.2) is 4.39 Å². The van der Waals surface area contributed by atoms with Gasteiger partial charge in [-0.1, -0.05) is 13.8 Å². The Morgan fingerprint density at radius 1 is 1.41 bits per heavy atom. The van der Waals surface area contributed by atoms with Crippen LogP contribution in [0.4, 0.5) is 4.39 Å². The molecule has 0 bridgehead atoms. The molecule has 0 fully saturated rings. The summed E-state index contributed by atoms with van der Waals surface area (Å²) < 4.78 is 17.9. The third-order valence-corrected chi connectivity index (χ3v) is 2.40. The van der Waals surface area contributed by atoms with Crippen LogP contribution in [0.15, 0.2) is 18.3 Å². The second-order valence-electron chi connectivity index (χ2n) is 3.94. The molecule has 1 rings (SSSR count). The van der Waals surface area contributed by atoms with Crippen LogP contribution in [0, 0.1) is 17.7 Å². The Hall–Kier alpha value is -1.78. The molecule has 1 aromatic heterocycles. The highest BCUT2D eigenvalue weighted by atomic mass is 19.1. The van der Waals surface area contributed by atoms with Crippen LogP contribution in [0.5, 0.6) is 0 Å². The Morgan fingerprint density at radius 2 is 2.06 bits per heavy atom. The first-order chi connectivity index (χ1) is 7.99. The maximum atomic E-state index is 13.4.